The van der Waals surface area contributed by atoms with E-state index in [1.165, 1.54) is 11.3 Å². The Balaban J connectivity index is 1.68. The Kier molecular flexibility index (Phi) is 5.95. The molecule has 1 atom stereocenters. The van der Waals surface area contributed by atoms with Gasteiger partial charge in [0.25, 0.3) is 5.91 Å². The Morgan fingerprint density at radius 3 is 2.44 bits per heavy atom. The number of hydrogen-bond donors (Lipinski definition) is 1. The Morgan fingerprint density at radius 1 is 1.22 bits per heavy atom. The molecule has 2 amide bonds. The van der Waals surface area contributed by atoms with Gasteiger partial charge in [-0.2, -0.15) is 0 Å². The smallest absolute Gasteiger partial charge is 0.265 e. The molecule has 0 radical (unpaired) electrons. The summed E-state index contributed by atoms with van der Waals surface area (Å²) >= 11 is 2.97. The third-order valence-electron chi connectivity index (χ3n) is 4.92. The summed E-state index contributed by atoms with van der Waals surface area (Å²) in [5.74, 6) is 0.369. The third-order valence-corrected chi connectivity index (χ3v) is 6.70. The van der Waals surface area contributed by atoms with E-state index in [0.29, 0.717) is 13.1 Å². The first-order valence-corrected chi connectivity index (χ1v) is 10.9. The molecule has 0 unspecified atom stereocenters. The van der Waals surface area contributed by atoms with E-state index < -0.39 is 5.41 Å². The summed E-state index contributed by atoms with van der Waals surface area (Å²) in [6, 6.07) is -0.0980. The van der Waals surface area contributed by atoms with E-state index in [1.807, 2.05) is 38.0 Å². The number of aromatic nitrogens is 2. The van der Waals surface area contributed by atoms with Crippen molar-refractivity contribution in [3.63, 3.8) is 0 Å². The molecule has 1 saturated heterocycles. The van der Waals surface area contributed by atoms with Crippen LogP contribution in [-0.4, -0.2) is 39.8 Å². The van der Waals surface area contributed by atoms with E-state index in [0.717, 1.165) is 28.4 Å². The summed E-state index contributed by atoms with van der Waals surface area (Å²) in [5.41, 5.74) is 2.07. The number of carbonyl (C=O) groups is 2. The molecule has 1 aliphatic rings. The first-order valence-electron chi connectivity index (χ1n) is 9.17. The van der Waals surface area contributed by atoms with Crippen molar-refractivity contribution >= 4 is 34.5 Å². The zero-order chi connectivity index (χ0) is 19.6. The molecule has 1 N–H and O–H groups in total. The van der Waals surface area contributed by atoms with Gasteiger partial charge in [0.1, 0.15) is 9.88 Å². The van der Waals surface area contributed by atoms with Crippen LogP contribution in [0.3, 0.4) is 0 Å². The topological polar surface area (TPSA) is 75.2 Å². The highest BCUT2D eigenvalue weighted by Gasteiger charge is 2.34. The monoisotopic (exact) mass is 406 g/mol. The standard InChI is InChI=1S/C19H26N4O2S2/c1-12-15(27-11-21-12)17(24)23-8-5-13(6-9-23)14(16-20-7-10-26-16)22-18(25)19(2,3)4/h7,10-11,13-14H,5-6,8-9H2,1-4H3,(H,22,25)/t14-/m1/s1. The molecule has 2 aromatic rings. The number of hydrogen-bond acceptors (Lipinski definition) is 6. The second kappa shape index (κ2) is 8.06. The predicted molar refractivity (Wildman–Crippen MR) is 108 cm³/mol. The van der Waals surface area contributed by atoms with Crippen molar-refractivity contribution in [3.8, 4) is 0 Å². The van der Waals surface area contributed by atoms with Crippen molar-refractivity contribution < 1.29 is 9.59 Å². The van der Waals surface area contributed by atoms with E-state index in [1.54, 1.807) is 23.0 Å². The van der Waals surface area contributed by atoms with E-state index in [9.17, 15) is 9.59 Å². The van der Waals surface area contributed by atoms with Crippen LogP contribution in [-0.2, 0) is 4.79 Å². The molecule has 3 heterocycles. The number of piperidine rings is 1. The fourth-order valence-corrected chi connectivity index (χ4v) is 4.76. The lowest BCUT2D eigenvalue weighted by Crippen LogP contribution is -2.45. The van der Waals surface area contributed by atoms with Gasteiger partial charge in [-0.15, -0.1) is 22.7 Å². The van der Waals surface area contributed by atoms with Gasteiger partial charge in [0.2, 0.25) is 5.91 Å². The number of likely N-dealkylation sites (tertiary alicyclic amines) is 1. The summed E-state index contributed by atoms with van der Waals surface area (Å²) in [7, 11) is 0. The van der Waals surface area contributed by atoms with Gasteiger partial charge in [-0.1, -0.05) is 20.8 Å². The largest absolute Gasteiger partial charge is 0.346 e. The van der Waals surface area contributed by atoms with Crippen LogP contribution in [0.25, 0.3) is 0 Å². The normalized spacial score (nSPS) is 17.0. The molecular formula is C19H26N4O2S2. The second-order valence-corrected chi connectivity index (χ2v) is 9.75. The molecule has 0 spiro atoms. The van der Waals surface area contributed by atoms with Crippen LogP contribution in [0.1, 0.15) is 60.0 Å². The molecule has 146 valence electrons. The molecule has 2 aromatic heterocycles. The van der Waals surface area contributed by atoms with E-state index in [-0.39, 0.29) is 23.8 Å². The van der Waals surface area contributed by atoms with Crippen LogP contribution in [0.4, 0.5) is 0 Å². The molecule has 6 nitrogen and oxygen atoms in total. The summed E-state index contributed by atoms with van der Waals surface area (Å²) in [6.45, 7) is 9.00. The van der Waals surface area contributed by atoms with Crippen molar-refractivity contribution in [2.75, 3.05) is 13.1 Å². The third kappa shape index (κ3) is 4.55. The maximum absolute atomic E-state index is 12.7. The summed E-state index contributed by atoms with van der Waals surface area (Å²) in [4.78, 5) is 36.6. The number of nitrogens with zero attached hydrogens (tertiary/aromatic N) is 3. The minimum Gasteiger partial charge on any atom is -0.346 e. The van der Waals surface area contributed by atoms with Crippen molar-refractivity contribution in [1.29, 1.82) is 0 Å². The molecule has 27 heavy (non-hydrogen) atoms. The zero-order valence-corrected chi connectivity index (χ0v) is 17.8. The minimum atomic E-state index is -0.449. The number of nitrogens with one attached hydrogen (secondary N) is 1. The van der Waals surface area contributed by atoms with Crippen LogP contribution in [0.5, 0.6) is 0 Å². The molecule has 3 rings (SSSR count). The van der Waals surface area contributed by atoms with Gasteiger partial charge >= 0.3 is 0 Å². The highest BCUT2D eigenvalue weighted by molar-refractivity contribution is 7.11. The van der Waals surface area contributed by atoms with E-state index in [4.69, 9.17) is 0 Å². The Morgan fingerprint density at radius 2 is 1.93 bits per heavy atom. The lowest BCUT2D eigenvalue weighted by atomic mass is 9.87. The molecule has 1 fully saturated rings. The number of thiazole rings is 2. The van der Waals surface area contributed by atoms with Crippen LogP contribution in [0, 0.1) is 18.3 Å². The molecule has 1 aliphatic heterocycles. The lowest BCUT2D eigenvalue weighted by Gasteiger charge is -2.36. The highest BCUT2D eigenvalue weighted by atomic mass is 32.1. The number of aryl methyl sites for hydroxylation is 1. The van der Waals surface area contributed by atoms with Crippen molar-refractivity contribution in [2.24, 2.45) is 11.3 Å². The fourth-order valence-electron chi connectivity index (χ4n) is 3.21. The Labute approximate surface area is 168 Å². The van der Waals surface area contributed by atoms with Crippen LogP contribution >= 0.6 is 22.7 Å². The lowest BCUT2D eigenvalue weighted by molar-refractivity contribution is -0.129. The highest BCUT2D eigenvalue weighted by Crippen LogP contribution is 2.33. The van der Waals surface area contributed by atoms with Gasteiger partial charge in [-0.25, -0.2) is 9.97 Å². The van der Waals surface area contributed by atoms with Gasteiger partial charge in [-0.05, 0) is 25.7 Å². The first kappa shape index (κ1) is 19.9. The molecule has 0 aromatic carbocycles. The summed E-state index contributed by atoms with van der Waals surface area (Å²) in [5, 5.41) is 6.09. The van der Waals surface area contributed by atoms with E-state index in [2.05, 4.69) is 15.3 Å². The molecule has 8 heteroatoms. The fraction of sp³-hybridized carbons (Fsp3) is 0.579. The molecule has 0 saturated carbocycles. The number of carbonyl (C=O) groups excluding carboxylic acids is 2. The predicted octanol–water partition coefficient (Wildman–Crippen LogP) is 3.66. The SMILES string of the molecule is Cc1ncsc1C(=O)N1CCC([C@@H](NC(=O)C(C)(C)C)c2nccs2)CC1. The van der Waals surface area contributed by atoms with Gasteiger partial charge in [-0.3, -0.25) is 9.59 Å². The van der Waals surface area contributed by atoms with Crippen LogP contribution in [0.15, 0.2) is 17.1 Å². The maximum Gasteiger partial charge on any atom is 0.265 e. The average Bonchev–Trinajstić information content (AvgIpc) is 3.30. The molecule has 0 aliphatic carbocycles. The van der Waals surface area contributed by atoms with E-state index >= 15 is 0 Å². The summed E-state index contributed by atoms with van der Waals surface area (Å²) in [6.07, 6.45) is 3.47. The van der Waals surface area contributed by atoms with Crippen molar-refractivity contribution in [1.82, 2.24) is 20.2 Å². The van der Waals surface area contributed by atoms with Gasteiger partial charge in [0.15, 0.2) is 0 Å². The molecule has 0 bridgehead atoms. The van der Waals surface area contributed by atoms with Crippen molar-refractivity contribution in [2.45, 2.75) is 46.6 Å². The Bertz CT molecular complexity index is 787. The average molecular weight is 407 g/mol. The first-order chi connectivity index (χ1) is 12.8. The van der Waals surface area contributed by atoms with Gasteiger partial charge < -0.3 is 10.2 Å². The van der Waals surface area contributed by atoms with Crippen molar-refractivity contribution in [3.05, 3.63) is 32.7 Å². The molecular weight excluding hydrogens is 380 g/mol. The van der Waals surface area contributed by atoms with Crippen LogP contribution in [0.2, 0.25) is 0 Å². The van der Waals surface area contributed by atoms with Gasteiger partial charge in [0.05, 0.1) is 17.2 Å². The minimum absolute atomic E-state index is 0.0292. The summed E-state index contributed by atoms with van der Waals surface area (Å²) < 4.78 is 0. The second-order valence-electron chi connectivity index (χ2n) is 7.97. The number of amides is 2. The number of rotatable bonds is 4. The Hall–Kier alpha value is -1.80. The quantitative estimate of drug-likeness (QED) is 0.841. The van der Waals surface area contributed by atoms with Gasteiger partial charge in [0, 0.05) is 30.1 Å². The van der Waals surface area contributed by atoms with Crippen LogP contribution < -0.4 is 5.32 Å². The maximum atomic E-state index is 12.7. The zero-order valence-electron chi connectivity index (χ0n) is 16.2.